The molecule has 6 heteroatoms. The van der Waals surface area contributed by atoms with Crippen molar-refractivity contribution >= 4 is 5.78 Å². The van der Waals surface area contributed by atoms with Crippen molar-refractivity contribution < 1.29 is 27.8 Å². The van der Waals surface area contributed by atoms with Gasteiger partial charge >= 0.3 is 6.61 Å². The number of fused-ring (bicyclic) bond motifs is 1. The van der Waals surface area contributed by atoms with Crippen molar-refractivity contribution in [1.29, 1.82) is 0 Å². The standard InChI is InChI=1S/C20H20F2O4/c1-3-12-25-20(13-8-5-4-6-9-13)17(23)14-10-7-11-15(26-19(21)22)16(14)18(20)24-2/h4-11,18-19H,3,12H2,1-2H3. The summed E-state index contributed by atoms with van der Waals surface area (Å²) in [5.74, 6) is -0.394. The van der Waals surface area contributed by atoms with E-state index in [9.17, 15) is 13.6 Å². The van der Waals surface area contributed by atoms with Crippen LogP contribution in [0.1, 0.15) is 40.9 Å². The fraction of sp³-hybridized carbons (Fsp3) is 0.350. The first kappa shape index (κ1) is 18.5. The summed E-state index contributed by atoms with van der Waals surface area (Å²) in [5, 5.41) is 0. The first-order chi connectivity index (χ1) is 12.6. The third kappa shape index (κ3) is 2.89. The van der Waals surface area contributed by atoms with Gasteiger partial charge in [-0.05, 0) is 18.1 Å². The zero-order chi connectivity index (χ0) is 18.7. The molecule has 26 heavy (non-hydrogen) atoms. The molecular weight excluding hydrogens is 342 g/mol. The number of carbonyl (C=O) groups excluding carboxylic acids is 1. The van der Waals surface area contributed by atoms with Gasteiger partial charge in [-0.2, -0.15) is 8.78 Å². The molecule has 3 rings (SSSR count). The van der Waals surface area contributed by atoms with Crippen LogP contribution in [0.2, 0.25) is 0 Å². The largest absolute Gasteiger partial charge is 0.434 e. The van der Waals surface area contributed by atoms with Crippen LogP contribution >= 0.6 is 0 Å². The number of ether oxygens (including phenoxy) is 3. The Hall–Kier alpha value is -2.31. The molecule has 2 aromatic carbocycles. The molecule has 1 aliphatic rings. The number of alkyl halides is 2. The van der Waals surface area contributed by atoms with Crippen molar-refractivity contribution in [2.24, 2.45) is 0 Å². The monoisotopic (exact) mass is 362 g/mol. The van der Waals surface area contributed by atoms with Crippen molar-refractivity contribution in [3.63, 3.8) is 0 Å². The summed E-state index contributed by atoms with van der Waals surface area (Å²) in [6, 6.07) is 13.5. The summed E-state index contributed by atoms with van der Waals surface area (Å²) >= 11 is 0. The Kier molecular flexibility index (Phi) is 5.34. The van der Waals surface area contributed by atoms with Crippen LogP contribution in [-0.2, 0) is 15.1 Å². The number of methoxy groups -OCH3 is 1. The van der Waals surface area contributed by atoms with E-state index < -0.39 is 18.3 Å². The second-order valence-electron chi connectivity index (χ2n) is 5.99. The van der Waals surface area contributed by atoms with Gasteiger partial charge in [0.15, 0.2) is 5.60 Å². The van der Waals surface area contributed by atoms with Gasteiger partial charge in [0, 0.05) is 24.8 Å². The van der Waals surface area contributed by atoms with Gasteiger partial charge in [0.25, 0.3) is 0 Å². The average Bonchev–Trinajstić information content (AvgIpc) is 2.90. The summed E-state index contributed by atoms with van der Waals surface area (Å²) in [7, 11) is 1.43. The van der Waals surface area contributed by atoms with Gasteiger partial charge in [0.2, 0.25) is 5.78 Å². The SMILES string of the molecule is CCCOC1(c2ccccc2)C(=O)c2cccc(OC(F)F)c2C1OC. The Labute approximate surface area is 150 Å². The van der Waals surface area contributed by atoms with Gasteiger partial charge in [-0.15, -0.1) is 0 Å². The molecule has 138 valence electrons. The number of carbonyl (C=O) groups is 1. The maximum Gasteiger partial charge on any atom is 0.387 e. The molecule has 0 amide bonds. The molecule has 0 saturated carbocycles. The Morgan fingerprint density at radius 3 is 2.46 bits per heavy atom. The van der Waals surface area contributed by atoms with Crippen molar-refractivity contribution in [2.45, 2.75) is 31.7 Å². The van der Waals surface area contributed by atoms with Crippen LogP contribution in [0.5, 0.6) is 5.75 Å². The zero-order valence-electron chi connectivity index (χ0n) is 14.6. The van der Waals surface area contributed by atoms with E-state index in [1.165, 1.54) is 19.2 Å². The van der Waals surface area contributed by atoms with Gasteiger partial charge in [0.1, 0.15) is 11.9 Å². The topological polar surface area (TPSA) is 44.8 Å². The Morgan fingerprint density at radius 1 is 1.12 bits per heavy atom. The Morgan fingerprint density at radius 2 is 1.85 bits per heavy atom. The number of rotatable bonds is 7. The minimum Gasteiger partial charge on any atom is -0.434 e. The lowest BCUT2D eigenvalue weighted by Crippen LogP contribution is -2.40. The molecule has 0 spiro atoms. The predicted octanol–water partition coefficient (Wildman–Crippen LogP) is 4.49. The smallest absolute Gasteiger partial charge is 0.387 e. The second kappa shape index (κ2) is 7.51. The average molecular weight is 362 g/mol. The highest BCUT2D eigenvalue weighted by atomic mass is 19.3. The first-order valence-corrected chi connectivity index (χ1v) is 8.41. The highest BCUT2D eigenvalue weighted by molar-refractivity contribution is 6.08. The van der Waals surface area contributed by atoms with E-state index in [0.717, 1.165) is 0 Å². The number of halogens is 2. The van der Waals surface area contributed by atoms with Gasteiger partial charge in [-0.3, -0.25) is 4.79 Å². The molecule has 0 fully saturated rings. The molecule has 0 radical (unpaired) electrons. The third-order valence-corrected chi connectivity index (χ3v) is 4.47. The van der Waals surface area contributed by atoms with Crippen LogP contribution in [0.4, 0.5) is 8.78 Å². The summed E-state index contributed by atoms with van der Waals surface area (Å²) in [4.78, 5) is 13.4. The van der Waals surface area contributed by atoms with Crippen molar-refractivity contribution in [3.8, 4) is 5.75 Å². The third-order valence-electron chi connectivity index (χ3n) is 4.47. The molecule has 4 nitrogen and oxygen atoms in total. The fourth-order valence-electron chi connectivity index (χ4n) is 3.47. The predicted molar refractivity (Wildman–Crippen MR) is 91.5 cm³/mol. The van der Waals surface area contributed by atoms with Gasteiger partial charge < -0.3 is 14.2 Å². The van der Waals surface area contributed by atoms with Gasteiger partial charge in [-0.25, -0.2) is 0 Å². The highest BCUT2D eigenvalue weighted by Crippen LogP contribution is 2.53. The fourth-order valence-corrected chi connectivity index (χ4v) is 3.47. The first-order valence-electron chi connectivity index (χ1n) is 8.41. The van der Waals surface area contributed by atoms with Crippen LogP contribution in [0, 0.1) is 0 Å². The quantitative estimate of drug-likeness (QED) is 0.728. The van der Waals surface area contributed by atoms with Gasteiger partial charge in [-0.1, -0.05) is 49.4 Å². The molecule has 0 aromatic heterocycles. The minimum atomic E-state index is -3.00. The Bertz CT molecular complexity index is 779. The minimum absolute atomic E-state index is 0.0735. The molecule has 0 bridgehead atoms. The maximum absolute atomic E-state index is 13.4. The summed E-state index contributed by atoms with van der Waals surface area (Å²) < 4.78 is 42.1. The molecule has 2 aromatic rings. The number of hydrogen-bond acceptors (Lipinski definition) is 4. The van der Waals surface area contributed by atoms with Crippen LogP contribution in [-0.4, -0.2) is 26.1 Å². The van der Waals surface area contributed by atoms with Crippen molar-refractivity contribution in [3.05, 3.63) is 65.2 Å². The van der Waals surface area contributed by atoms with E-state index >= 15 is 0 Å². The molecule has 0 aliphatic heterocycles. The lowest BCUT2D eigenvalue weighted by Gasteiger charge is -2.34. The molecule has 2 unspecified atom stereocenters. The van der Waals surface area contributed by atoms with Crippen LogP contribution in [0.25, 0.3) is 0 Å². The van der Waals surface area contributed by atoms with E-state index in [1.807, 2.05) is 13.0 Å². The normalized spacial score (nSPS) is 21.9. The molecule has 2 atom stereocenters. The number of ketones is 1. The lowest BCUT2D eigenvalue weighted by atomic mass is 9.87. The van der Waals surface area contributed by atoms with Crippen LogP contribution in [0.15, 0.2) is 48.5 Å². The van der Waals surface area contributed by atoms with Crippen LogP contribution < -0.4 is 4.74 Å². The van der Waals surface area contributed by atoms with Gasteiger partial charge in [0.05, 0.1) is 0 Å². The molecular formula is C20H20F2O4. The number of hydrogen-bond donors (Lipinski definition) is 0. The molecule has 1 aliphatic carbocycles. The van der Waals surface area contributed by atoms with E-state index in [1.54, 1.807) is 30.3 Å². The summed E-state index contributed by atoms with van der Waals surface area (Å²) in [6.07, 6.45) is -0.205. The van der Waals surface area contributed by atoms with E-state index in [-0.39, 0.29) is 17.1 Å². The lowest BCUT2D eigenvalue weighted by molar-refractivity contribution is -0.113. The summed E-state index contributed by atoms with van der Waals surface area (Å²) in [5.41, 5.74) is -0.254. The summed E-state index contributed by atoms with van der Waals surface area (Å²) in [6.45, 7) is -0.754. The van der Waals surface area contributed by atoms with Crippen LogP contribution in [0.3, 0.4) is 0 Å². The number of Topliss-reactive ketones (excluding diaryl/α,β-unsaturated/α-hetero) is 1. The van der Waals surface area contributed by atoms with E-state index in [0.29, 0.717) is 24.2 Å². The molecule has 0 N–H and O–H groups in total. The number of benzene rings is 2. The highest BCUT2D eigenvalue weighted by Gasteiger charge is 2.57. The zero-order valence-corrected chi connectivity index (χ0v) is 14.6. The van der Waals surface area contributed by atoms with Crippen molar-refractivity contribution in [2.75, 3.05) is 13.7 Å². The van der Waals surface area contributed by atoms with E-state index in [2.05, 4.69) is 4.74 Å². The second-order valence-corrected chi connectivity index (χ2v) is 5.99. The molecule has 0 heterocycles. The maximum atomic E-state index is 13.4. The van der Waals surface area contributed by atoms with E-state index in [4.69, 9.17) is 9.47 Å². The Balaban J connectivity index is 2.21. The molecule has 0 saturated heterocycles. The van der Waals surface area contributed by atoms with Crippen molar-refractivity contribution in [1.82, 2.24) is 0 Å².